The minimum absolute atomic E-state index is 0.162. The summed E-state index contributed by atoms with van der Waals surface area (Å²) in [6.07, 6.45) is 1.60. The number of aromatic nitrogens is 2. The van der Waals surface area contributed by atoms with Crippen molar-refractivity contribution in [1.82, 2.24) is 9.78 Å². The van der Waals surface area contributed by atoms with Crippen molar-refractivity contribution in [3.8, 4) is 0 Å². The van der Waals surface area contributed by atoms with E-state index in [9.17, 15) is 4.79 Å². The smallest absolute Gasteiger partial charge is 0.277 e. The van der Waals surface area contributed by atoms with Gasteiger partial charge in [-0.25, -0.2) is 0 Å². The van der Waals surface area contributed by atoms with E-state index in [4.69, 9.17) is 34.8 Å². The van der Waals surface area contributed by atoms with Crippen LogP contribution >= 0.6 is 34.8 Å². The average Bonchev–Trinajstić information content (AvgIpc) is 2.74. The van der Waals surface area contributed by atoms with E-state index in [1.807, 2.05) is 6.92 Å². The number of nitrogens with one attached hydrogen (secondary N) is 1. The molecule has 1 N–H and O–H groups in total. The Morgan fingerprint density at radius 3 is 2.63 bits per heavy atom. The summed E-state index contributed by atoms with van der Waals surface area (Å²) in [4.78, 5) is 12.0. The second kappa shape index (κ2) is 5.82. The maximum atomic E-state index is 12.0. The largest absolute Gasteiger partial charge is 0.319 e. The van der Waals surface area contributed by atoms with E-state index in [1.165, 1.54) is 0 Å². The molecule has 0 saturated heterocycles. The van der Waals surface area contributed by atoms with Crippen LogP contribution in [0.2, 0.25) is 15.1 Å². The number of amides is 1. The van der Waals surface area contributed by atoms with Crippen LogP contribution in [0.4, 0.5) is 5.69 Å². The number of hydrogen-bond donors (Lipinski definition) is 1. The molecule has 0 aliphatic heterocycles. The first-order valence-corrected chi connectivity index (χ1v) is 6.64. The zero-order valence-corrected chi connectivity index (χ0v) is 12.2. The predicted molar refractivity (Wildman–Crippen MR) is 77.3 cm³/mol. The minimum Gasteiger partial charge on any atom is -0.319 e. The SMILES string of the molecule is CCn1cc(Cl)c(C(=O)Nc2ccc(Cl)cc2Cl)n1. The lowest BCUT2D eigenvalue weighted by Crippen LogP contribution is -2.14. The molecule has 0 atom stereocenters. The highest BCUT2D eigenvalue weighted by Crippen LogP contribution is 2.26. The number of hydrogen-bond acceptors (Lipinski definition) is 2. The van der Waals surface area contributed by atoms with Crippen molar-refractivity contribution in [2.75, 3.05) is 5.32 Å². The molecule has 2 rings (SSSR count). The Bertz CT molecular complexity index is 625. The van der Waals surface area contributed by atoms with E-state index in [2.05, 4.69) is 10.4 Å². The van der Waals surface area contributed by atoms with Gasteiger partial charge in [-0.2, -0.15) is 5.10 Å². The monoisotopic (exact) mass is 317 g/mol. The molecule has 1 heterocycles. The Morgan fingerprint density at radius 2 is 2.05 bits per heavy atom. The van der Waals surface area contributed by atoms with Crippen molar-refractivity contribution in [3.05, 3.63) is 45.2 Å². The molecule has 0 aliphatic carbocycles. The van der Waals surface area contributed by atoms with Crippen LogP contribution in [0.25, 0.3) is 0 Å². The number of benzene rings is 1. The van der Waals surface area contributed by atoms with Crippen molar-refractivity contribution in [1.29, 1.82) is 0 Å². The number of nitrogens with zero attached hydrogens (tertiary/aromatic N) is 2. The zero-order chi connectivity index (χ0) is 14.0. The van der Waals surface area contributed by atoms with Crippen LogP contribution in [0.3, 0.4) is 0 Å². The molecular formula is C12H10Cl3N3O. The highest BCUT2D eigenvalue weighted by molar-refractivity contribution is 6.37. The standard InChI is InChI=1S/C12H10Cl3N3O/c1-2-18-6-9(15)11(17-18)12(19)16-10-4-3-7(13)5-8(10)14/h3-6H,2H2,1H3,(H,16,19). The van der Waals surface area contributed by atoms with Gasteiger partial charge in [0.05, 0.1) is 15.7 Å². The Morgan fingerprint density at radius 1 is 1.32 bits per heavy atom. The highest BCUT2D eigenvalue weighted by Gasteiger charge is 2.16. The highest BCUT2D eigenvalue weighted by atomic mass is 35.5. The maximum absolute atomic E-state index is 12.0. The summed E-state index contributed by atoms with van der Waals surface area (Å²) in [5.41, 5.74) is 0.618. The summed E-state index contributed by atoms with van der Waals surface area (Å²) in [5.74, 6) is -0.415. The molecule has 0 fully saturated rings. The molecule has 1 amide bonds. The maximum Gasteiger partial charge on any atom is 0.277 e. The van der Waals surface area contributed by atoms with Crippen molar-refractivity contribution < 1.29 is 4.79 Å². The second-order valence-corrected chi connectivity index (χ2v) is 5.01. The van der Waals surface area contributed by atoms with Gasteiger partial charge in [0.1, 0.15) is 0 Å². The third-order valence-corrected chi connectivity index (χ3v) is 3.26. The number of carbonyl (C=O) groups is 1. The van der Waals surface area contributed by atoms with Gasteiger partial charge in [-0.1, -0.05) is 34.8 Å². The molecule has 0 unspecified atom stereocenters. The summed E-state index contributed by atoms with van der Waals surface area (Å²) in [5, 5.41) is 7.86. The predicted octanol–water partition coefficient (Wildman–Crippen LogP) is 4.12. The van der Waals surface area contributed by atoms with Crippen LogP contribution in [0.15, 0.2) is 24.4 Å². The Balaban J connectivity index is 2.23. The molecule has 0 spiro atoms. The fraction of sp³-hybridized carbons (Fsp3) is 0.167. The molecule has 0 radical (unpaired) electrons. The summed E-state index contributed by atoms with van der Waals surface area (Å²) in [6, 6.07) is 4.80. The molecule has 2 aromatic rings. The van der Waals surface area contributed by atoms with Crippen LogP contribution in [-0.2, 0) is 6.54 Å². The van der Waals surface area contributed by atoms with Crippen molar-refractivity contribution in [2.45, 2.75) is 13.5 Å². The van der Waals surface area contributed by atoms with Gasteiger partial charge in [-0.3, -0.25) is 9.48 Å². The van der Waals surface area contributed by atoms with Gasteiger partial charge in [0, 0.05) is 17.8 Å². The molecule has 7 heteroatoms. The van der Waals surface area contributed by atoms with Gasteiger partial charge in [-0.05, 0) is 25.1 Å². The van der Waals surface area contributed by atoms with E-state index in [0.717, 1.165) is 0 Å². The van der Waals surface area contributed by atoms with E-state index in [1.54, 1.807) is 29.1 Å². The fourth-order valence-electron chi connectivity index (χ4n) is 1.49. The van der Waals surface area contributed by atoms with E-state index in [-0.39, 0.29) is 5.69 Å². The summed E-state index contributed by atoms with van der Waals surface area (Å²) in [6.45, 7) is 2.54. The number of anilines is 1. The van der Waals surface area contributed by atoms with E-state index < -0.39 is 5.91 Å². The van der Waals surface area contributed by atoms with E-state index >= 15 is 0 Å². The molecule has 0 aliphatic rings. The van der Waals surface area contributed by atoms with Gasteiger partial charge >= 0.3 is 0 Å². The lowest BCUT2D eigenvalue weighted by Gasteiger charge is -2.06. The van der Waals surface area contributed by atoms with Gasteiger partial charge in [0.2, 0.25) is 0 Å². The molecule has 19 heavy (non-hydrogen) atoms. The summed E-state index contributed by atoms with van der Waals surface area (Å²) in [7, 11) is 0. The zero-order valence-electron chi connectivity index (χ0n) is 9.95. The van der Waals surface area contributed by atoms with Crippen LogP contribution in [-0.4, -0.2) is 15.7 Å². The van der Waals surface area contributed by atoms with Gasteiger partial charge < -0.3 is 5.32 Å². The molecule has 1 aromatic carbocycles. The normalized spacial score (nSPS) is 10.5. The molecule has 0 bridgehead atoms. The second-order valence-electron chi connectivity index (χ2n) is 3.76. The van der Waals surface area contributed by atoms with Gasteiger partial charge in [0.25, 0.3) is 5.91 Å². The van der Waals surface area contributed by atoms with Crippen LogP contribution < -0.4 is 5.32 Å². The van der Waals surface area contributed by atoms with Crippen molar-refractivity contribution in [3.63, 3.8) is 0 Å². The summed E-state index contributed by atoms with van der Waals surface area (Å²) < 4.78 is 1.58. The first kappa shape index (κ1) is 14.2. The van der Waals surface area contributed by atoms with Crippen LogP contribution in [0, 0.1) is 0 Å². The van der Waals surface area contributed by atoms with Crippen molar-refractivity contribution in [2.24, 2.45) is 0 Å². The topological polar surface area (TPSA) is 46.9 Å². The first-order chi connectivity index (χ1) is 9.01. The van der Waals surface area contributed by atoms with Crippen LogP contribution in [0.5, 0.6) is 0 Å². The third-order valence-electron chi connectivity index (χ3n) is 2.44. The number of rotatable bonds is 3. The lowest BCUT2D eigenvalue weighted by atomic mass is 10.3. The Labute approximate surface area is 125 Å². The Kier molecular flexibility index (Phi) is 4.34. The fourth-order valence-corrected chi connectivity index (χ4v) is 2.18. The molecule has 100 valence electrons. The Hall–Kier alpha value is -1.23. The number of halogens is 3. The lowest BCUT2D eigenvalue weighted by molar-refractivity contribution is 0.102. The molecule has 1 aromatic heterocycles. The average molecular weight is 319 g/mol. The molecule has 0 saturated carbocycles. The minimum atomic E-state index is -0.415. The van der Waals surface area contributed by atoms with Gasteiger partial charge in [-0.15, -0.1) is 0 Å². The number of carbonyl (C=O) groups excluding carboxylic acids is 1. The molecular weight excluding hydrogens is 309 g/mol. The number of aryl methyl sites for hydroxylation is 1. The van der Waals surface area contributed by atoms with E-state index in [0.29, 0.717) is 27.3 Å². The quantitative estimate of drug-likeness (QED) is 0.925. The third kappa shape index (κ3) is 3.21. The molecule has 4 nitrogen and oxygen atoms in total. The van der Waals surface area contributed by atoms with Crippen LogP contribution in [0.1, 0.15) is 17.4 Å². The van der Waals surface area contributed by atoms with Gasteiger partial charge in [0.15, 0.2) is 5.69 Å². The summed E-state index contributed by atoms with van der Waals surface area (Å²) >= 11 is 17.7. The first-order valence-electron chi connectivity index (χ1n) is 5.50. The van der Waals surface area contributed by atoms with Crippen molar-refractivity contribution >= 4 is 46.4 Å².